The highest BCUT2D eigenvalue weighted by Crippen LogP contribution is 2.29. The van der Waals surface area contributed by atoms with Gasteiger partial charge in [0.05, 0.1) is 17.2 Å². The van der Waals surface area contributed by atoms with Crippen LogP contribution in [0.5, 0.6) is 0 Å². The number of thiazole rings is 1. The van der Waals surface area contributed by atoms with Gasteiger partial charge in [-0.3, -0.25) is 4.99 Å². The van der Waals surface area contributed by atoms with Crippen LogP contribution >= 0.6 is 11.3 Å². The van der Waals surface area contributed by atoms with Gasteiger partial charge in [0.15, 0.2) is 5.96 Å². The molecule has 1 atom stereocenters. The number of benzene rings is 1. The molecule has 6 heteroatoms. The van der Waals surface area contributed by atoms with E-state index in [1.54, 1.807) is 11.3 Å². The molecule has 2 aromatic rings. The third-order valence-electron chi connectivity index (χ3n) is 4.65. The van der Waals surface area contributed by atoms with Gasteiger partial charge in [0.25, 0.3) is 0 Å². The normalized spacial score (nSPS) is 15.0. The molecule has 1 unspecified atom stereocenters. The molecular weight excluding hydrogens is 342 g/mol. The topological polar surface area (TPSA) is 52.6 Å². The van der Waals surface area contributed by atoms with Crippen molar-refractivity contribution in [3.05, 3.63) is 45.9 Å². The van der Waals surface area contributed by atoms with E-state index in [9.17, 15) is 0 Å². The summed E-state index contributed by atoms with van der Waals surface area (Å²) in [5, 5.41) is 10.0. The number of guanidine groups is 1. The van der Waals surface area contributed by atoms with E-state index in [-0.39, 0.29) is 0 Å². The van der Waals surface area contributed by atoms with Gasteiger partial charge in [-0.05, 0) is 38.8 Å². The van der Waals surface area contributed by atoms with Crippen LogP contribution in [0.1, 0.15) is 30.1 Å². The number of para-hydroxylation sites is 1. The van der Waals surface area contributed by atoms with E-state index in [2.05, 4.69) is 64.0 Å². The maximum absolute atomic E-state index is 4.80. The maximum Gasteiger partial charge on any atom is 0.191 e. The smallest absolute Gasteiger partial charge is 0.191 e. The first-order chi connectivity index (χ1) is 12.7. The zero-order valence-electron chi connectivity index (χ0n) is 16.0. The number of hydrogen-bond donors (Lipinski definition) is 2. The largest absolute Gasteiger partial charge is 0.366 e. The average molecular weight is 372 g/mol. The molecule has 0 saturated carbocycles. The van der Waals surface area contributed by atoms with Gasteiger partial charge in [-0.15, -0.1) is 11.3 Å². The summed E-state index contributed by atoms with van der Waals surface area (Å²) in [5.41, 5.74) is 3.97. The number of rotatable bonds is 7. The molecule has 140 valence electrons. The highest BCUT2D eigenvalue weighted by Gasteiger charge is 2.22. The second-order valence-corrected chi connectivity index (χ2v) is 7.74. The summed E-state index contributed by atoms with van der Waals surface area (Å²) in [6, 6.07) is 9.09. The van der Waals surface area contributed by atoms with E-state index in [1.807, 2.05) is 6.92 Å². The van der Waals surface area contributed by atoms with Crippen LogP contribution in [0.2, 0.25) is 0 Å². The molecule has 1 aliphatic heterocycles. The van der Waals surface area contributed by atoms with E-state index in [0.29, 0.717) is 6.04 Å². The van der Waals surface area contributed by atoms with Crippen molar-refractivity contribution in [1.29, 1.82) is 0 Å². The van der Waals surface area contributed by atoms with E-state index in [4.69, 9.17) is 4.99 Å². The number of aliphatic imine (C=N–C) groups is 1. The number of nitrogens with zero attached hydrogens (tertiary/aromatic N) is 3. The lowest BCUT2D eigenvalue weighted by molar-refractivity contribution is 0.657. The second kappa shape index (κ2) is 9.03. The number of aromatic nitrogens is 1. The highest BCUT2D eigenvalue weighted by atomic mass is 32.1. The zero-order chi connectivity index (χ0) is 18.4. The SMILES string of the molecule is CCNC(=NCC(C)N1CCc2ccccc21)NCCc1csc(C)n1. The fourth-order valence-corrected chi connectivity index (χ4v) is 3.96. The van der Waals surface area contributed by atoms with Crippen molar-refractivity contribution >= 4 is 23.0 Å². The minimum atomic E-state index is 0.385. The van der Waals surface area contributed by atoms with Gasteiger partial charge in [0, 0.05) is 43.2 Å². The fourth-order valence-electron chi connectivity index (χ4n) is 3.32. The minimum absolute atomic E-state index is 0.385. The van der Waals surface area contributed by atoms with Gasteiger partial charge in [-0.2, -0.15) is 0 Å². The van der Waals surface area contributed by atoms with Crippen LogP contribution in [0.25, 0.3) is 0 Å². The van der Waals surface area contributed by atoms with Crippen LogP contribution in [-0.4, -0.2) is 43.2 Å². The Labute approximate surface area is 160 Å². The third kappa shape index (κ3) is 4.75. The van der Waals surface area contributed by atoms with Gasteiger partial charge >= 0.3 is 0 Å². The molecule has 26 heavy (non-hydrogen) atoms. The monoisotopic (exact) mass is 371 g/mol. The van der Waals surface area contributed by atoms with Crippen molar-refractivity contribution in [2.75, 3.05) is 31.1 Å². The van der Waals surface area contributed by atoms with Crippen LogP contribution in [0.15, 0.2) is 34.6 Å². The Balaban J connectivity index is 1.53. The molecule has 0 spiro atoms. The predicted molar refractivity (Wildman–Crippen MR) is 111 cm³/mol. The van der Waals surface area contributed by atoms with E-state index in [1.165, 1.54) is 11.3 Å². The summed E-state index contributed by atoms with van der Waals surface area (Å²) in [6.45, 7) is 9.97. The zero-order valence-corrected chi connectivity index (χ0v) is 16.8. The lowest BCUT2D eigenvalue weighted by Gasteiger charge is -2.26. The Bertz CT molecular complexity index is 739. The molecule has 0 amide bonds. The van der Waals surface area contributed by atoms with Crippen LogP contribution in [0.3, 0.4) is 0 Å². The summed E-state index contributed by atoms with van der Waals surface area (Å²) in [6.07, 6.45) is 2.05. The van der Waals surface area contributed by atoms with Gasteiger partial charge in [-0.25, -0.2) is 4.98 Å². The molecule has 3 rings (SSSR count). The quantitative estimate of drug-likeness (QED) is 0.580. The molecule has 0 aliphatic carbocycles. The molecule has 1 aliphatic rings. The Kier molecular flexibility index (Phi) is 6.50. The summed E-state index contributed by atoms with van der Waals surface area (Å²) >= 11 is 1.71. The van der Waals surface area contributed by atoms with E-state index < -0.39 is 0 Å². The Morgan fingerprint density at radius 2 is 2.19 bits per heavy atom. The number of hydrogen-bond acceptors (Lipinski definition) is 4. The summed E-state index contributed by atoms with van der Waals surface area (Å²) in [5.74, 6) is 0.888. The number of aryl methyl sites for hydroxylation is 1. The average Bonchev–Trinajstić information content (AvgIpc) is 3.25. The van der Waals surface area contributed by atoms with Crippen molar-refractivity contribution in [3.63, 3.8) is 0 Å². The maximum atomic E-state index is 4.80. The fraction of sp³-hybridized carbons (Fsp3) is 0.500. The third-order valence-corrected chi connectivity index (χ3v) is 5.48. The van der Waals surface area contributed by atoms with E-state index >= 15 is 0 Å². The minimum Gasteiger partial charge on any atom is -0.366 e. The molecular formula is C20H29N5S. The standard InChI is InChI=1S/C20H29N5S/c1-4-21-20(22-11-9-18-14-26-16(3)24-18)23-13-15(2)25-12-10-17-7-5-6-8-19(17)25/h5-8,14-15H,4,9-13H2,1-3H3,(H2,21,22,23). The van der Waals surface area contributed by atoms with Crippen LogP contribution < -0.4 is 15.5 Å². The van der Waals surface area contributed by atoms with Gasteiger partial charge < -0.3 is 15.5 Å². The summed E-state index contributed by atoms with van der Waals surface area (Å²) in [7, 11) is 0. The number of nitrogens with one attached hydrogen (secondary N) is 2. The molecule has 0 bridgehead atoms. The Hall–Kier alpha value is -2.08. The van der Waals surface area contributed by atoms with E-state index in [0.717, 1.165) is 55.7 Å². The lowest BCUT2D eigenvalue weighted by Crippen LogP contribution is -2.40. The molecule has 2 N–H and O–H groups in total. The molecule has 0 saturated heterocycles. The number of anilines is 1. The first-order valence-electron chi connectivity index (χ1n) is 9.45. The van der Waals surface area contributed by atoms with Crippen molar-refractivity contribution in [2.24, 2.45) is 4.99 Å². The van der Waals surface area contributed by atoms with Crippen LogP contribution in [0.4, 0.5) is 5.69 Å². The molecule has 5 nitrogen and oxygen atoms in total. The number of fused-ring (bicyclic) bond motifs is 1. The van der Waals surface area contributed by atoms with Gasteiger partial charge in [-0.1, -0.05) is 18.2 Å². The molecule has 1 aromatic heterocycles. The molecule has 2 heterocycles. The van der Waals surface area contributed by atoms with Gasteiger partial charge in [0.2, 0.25) is 0 Å². The Morgan fingerprint density at radius 3 is 2.96 bits per heavy atom. The predicted octanol–water partition coefficient (Wildman–Crippen LogP) is 3.00. The molecule has 0 fully saturated rings. The van der Waals surface area contributed by atoms with Crippen LogP contribution in [-0.2, 0) is 12.8 Å². The Morgan fingerprint density at radius 1 is 1.35 bits per heavy atom. The lowest BCUT2D eigenvalue weighted by atomic mass is 10.2. The van der Waals surface area contributed by atoms with Crippen molar-refractivity contribution in [1.82, 2.24) is 15.6 Å². The van der Waals surface area contributed by atoms with Crippen molar-refractivity contribution < 1.29 is 0 Å². The molecule has 1 aromatic carbocycles. The first kappa shape index (κ1) is 18.7. The van der Waals surface area contributed by atoms with Crippen LogP contribution in [0, 0.1) is 6.92 Å². The van der Waals surface area contributed by atoms with Crippen molar-refractivity contribution in [2.45, 2.75) is 39.7 Å². The van der Waals surface area contributed by atoms with Gasteiger partial charge in [0.1, 0.15) is 0 Å². The summed E-state index contributed by atoms with van der Waals surface area (Å²) < 4.78 is 0. The molecule has 0 radical (unpaired) electrons. The second-order valence-electron chi connectivity index (χ2n) is 6.68. The first-order valence-corrected chi connectivity index (χ1v) is 10.3. The van der Waals surface area contributed by atoms with Crippen molar-refractivity contribution in [3.8, 4) is 0 Å². The highest BCUT2D eigenvalue weighted by molar-refractivity contribution is 7.09. The summed E-state index contributed by atoms with van der Waals surface area (Å²) in [4.78, 5) is 11.8.